The zero-order valence-electron chi connectivity index (χ0n) is 16.5. The Morgan fingerprint density at radius 1 is 1.11 bits per heavy atom. The summed E-state index contributed by atoms with van der Waals surface area (Å²) in [6.07, 6.45) is 6.52. The fraction of sp³-hybridized carbons (Fsp3) is 0.391. The van der Waals surface area contributed by atoms with E-state index >= 15 is 0 Å². The molecule has 0 saturated heterocycles. The molecule has 2 aliphatic rings. The lowest BCUT2D eigenvalue weighted by atomic mass is 9.87. The molecule has 28 heavy (non-hydrogen) atoms. The van der Waals surface area contributed by atoms with E-state index in [1.165, 1.54) is 19.3 Å². The molecule has 5 heteroatoms. The van der Waals surface area contributed by atoms with Crippen molar-refractivity contribution in [2.24, 2.45) is 5.92 Å². The van der Waals surface area contributed by atoms with Crippen LogP contribution in [0.4, 0.5) is 11.4 Å². The molecule has 5 nitrogen and oxygen atoms in total. The smallest absolute Gasteiger partial charge is 0.261 e. The molecular weight excluding hydrogens is 352 g/mol. The summed E-state index contributed by atoms with van der Waals surface area (Å²) in [7, 11) is 1.74. The normalized spacial score (nSPS) is 16.6. The largest absolute Gasteiger partial charge is 0.454 e. The van der Waals surface area contributed by atoms with Gasteiger partial charge in [-0.3, -0.25) is 9.59 Å². The van der Waals surface area contributed by atoms with Crippen LogP contribution >= 0.6 is 0 Å². The minimum absolute atomic E-state index is 0.0149. The van der Waals surface area contributed by atoms with Crippen molar-refractivity contribution in [3.05, 3.63) is 47.5 Å². The first-order valence-electron chi connectivity index (χ1n) is 10.0. The van der Waals surface area contributed by atoms with E-state index in [9.17, 15) is 9.59 Å². The second-order valence-corrected chi connectivity index (χ2v) is 7.90. The third-order valence-corrected chi connectivity index (χ3v) is 5.69. The Bertz CT molecular complexity index is 916. The van der Waals surface area contributed by atoms with Crippen LogP contribution in [-0.4, -0.2) is 18.9 Å². The van der Waals surface area contributed by atoms with Crippen LogP contribution in [0.5, 0.6) is 11.5 Å². The molecule has 2 aromatic carbocycles. The molecule has 0 radical (unpaired) electrons. The highest BCUT2D eigenvalue weighted by Crippen LogP contribution is 2.39. The van der Waals surface area contributed by atoms with Crippen molar-refractivity contribution in [3.8, 4) is 11.5 Å². The molecule has 1 N–H and O–H groups in total. The van der Waals surface area contributed by atoms with E-state index in [0.29, 0.717) is 35.1 Å². The Morgan fingerprint density at radius 2 is 1.86 bits per heavy atom. The molecule has 1 heterocycles. The van der Waals surface area contributed by atoms with Crippen LogP contribution in [0.25, 0.3) is 0 Å². The molecule has 4 rings (SSSR count). The van der Waals surface area contributed by atoms with Crippen LogP contribution in [0.15, 0.2) is 36.4 Å². The van der Waals surface area contributed by atoms with Crippen molar-refractivity contribution >= 4 is 23.2 Å². The first-order valence-corrected chi connectivity index (χ1v) is 10.0. The molecule has 1 saturated carbocycles. The van der Waals surface area contributed by atoms with E-state index in [4.69, 9.17) is 4.74 Å². The van der Waals surface area contributed by atoms with Crippen molar-refractivity contribution in [2.75, 3.05) is 17.3 Å². The number of carbonyl (C=O) groups is 2. The van der Waals surface area contributed by atoms with Gasteiger partial charge in [0.25, 0.3) is 5.91 Å². The Kier molecular flexibility index (Phi) is 5.07. The number of fused-ring (bicyclic) bond motifs is 2. The molecule has 1 fully saturated rings. The van der Waals surface area contributed by atoms with Gasteiger partial charge < -0.3 is 15.0 Å². The van der Waals surface area contributed by atoms with Gasteiger partial charge >= 0.3 is 0 Å². The minimum Gasteiger partial charge on any atom is -0.454 e. The van der Waals surface area contributed by atoms with Gasteiger partial charge in [-0.1, -0.05) is 25.3 Å². The monoisotopic (exact) mass is 378 g/mol. The fourth-order valence-corrected chi connectivity index (χ4v) is 4.11. The zero-order valence-corrected chi connectivity index (χ0v) is 16.5. The van der Waals surface area contributed by atoms with Crippen LogP contribution in [0.1, 0.15) is 54.4 Å². The molecule has 1 aliphatic heterocycles. The average Bonchev–Trinajstić information content (AvgIpc) is 2.78. The van der Waals surface area contributed by atoms with E-state index in [-0.39, 0.29) is 11.8 Å². The van der Waals surface area contributed by atoms with Crippen molar-refractivity contribution in [1.82, 2.24) is 0 Å². The minimum atomic E-state index is -0.150. The number of aryl methyl sites for hydroxylation is 1. The summed E-state index contributed by atoms with van der Waals surface area (Å²) in [5.41, 5.74) is 2.88. The number of nitrogens with one attached hydrogen (secondary N) is 1. The number of nitrogens with zero attached hydrogens (tertiary/aromatic N) is 1. The molecule has 0 unspecified atom stereocenters. The van der Waals surface area contributed by atoms with Gasteiger partial charge in [0.2, 0.25) is 5.91 Å². The van der Waals surface area contributed by atoms with Gasteiger partial charge in [0.1, 0.15) is 5.75 Å². The highest BCUT2D eigenvalue weighted by Gasteiger charge is 2.26. The van der Waals surface area contributed by atoms with Crippen LogP contribution in [0.2, 0.25) is 0 Å². The maximum atomic E-state index is 13.0. The quantitative estimate of drug-likeness (QED) is 0.790. The lowest BCUT2D eigenvalue weighted by Gasteiger charge is -2.21. The van der Waals surface area contributed by atoms with Crippen LogP contribution in [0, 0.1) is 12.8 Å². The lowest BCUT2D eigenvalue weighted by molar-refractivity contribution is -0.117. The predicted molar refractivity (Wildman–Crippen MR) is 110 cm³/mol. The summed E-state index contributed by atoms with van der Waals surface area (Å²) < 4.78 is 6.00. The number of benzene rings is 2. The Balaban J connectivity index is 1.54. The van der Waals surface area contributed by atoms with E-state index in [1.54, 1.807) is 30.1 Å². The van der Waals surface area contributed by atoms with Crippen LogP contribution in [-0.2, 0) is 4.79 Å². The maximum absolute atomic E-state index is 13.0. The van der Waals surface area contributed by atoms with Gasteiger partial charge in [0.05, 0.1) is 11.3 Å². The summed E-state index contributed by atoms with van der Waals surface area (Å²) in [5, 5.41) is 2.96. The number of carbonyl (C=O) groups excluding carboxylic acids is 2. The molecular formula is C23H26N2O3. The highest BCUT2D eigenvalue weighted by molar-refractivity contribution is 6.10. The summed E-state index contributed by atoms with van der Waals surface area (Å²) in [6, 6.07) is 11.0. The highest BCUT2D eigenvalue weighted by atomic mass is 16.5. The number of amides is 2. The van der Waals surface area contributed by atoms with E-state index in [1.807, 2.05) is 25.1 Å². The lowest BCUT2D eigenvalue weighted by Crippen LogP contribution is -2.25. The molecule has 2 amide bonds. The second kappa shape index (κ2) is 7.66. The fourth-order valence-electron chi connectivity index (χ4n) is 4.11. The van der Waals surface area contributed by atoms with Crippen LogP contribution in [0.3, 0.4) is 0 Å². The standard InChI is InChI=1S/C23H26N2O3/c1-15-8-10-21-19(12-15)25(2)23(27)18-14-17(9-11-20(18)28-21)24-22(26)13-16-6-4-3-5-7-16/h8-12,14,16H,3-7,13H2,1-2H3,(H,24,26). The number of hydrogen-bond donors (Lipinski definition) is 1. The van der Waals surface area contributed by atoms with E-state index < -0.39 is 0 Å². The van der Waals surface area contributed by atoms with Gasteiger partial charge in [0, 0.05) is 19.2 Å². The van der Waals surface area contributed by atoms with Gasteiger partial charge in [0.15, 0.2) is 5.75 Å². The van der Waals surface area contributed by atoms with E-state index in [0.717, 1.165) is 24.1 Å². The first-order chi connectivity index (χ1) is 13.5. The van der Waals surface area contributed by atoms with Crippen molar-refractivity contribution in [3.63, 3.8) is 0 Å². The summed E-state index contributed by atoms with van der Waals surface area (Å²) in [4.78, 5) is 27.0. The number of rotatable bonds is 3. The molecule has 146 valence electrons. The number of ether oxygens (including phenoxy) is 1. The molecule has 0 atom stereocenters. The van der Waals surface area contributed by atoms with Crippen molar-refractivity contribution < 1.29 is 14.3 Å². The Morgan fingerprint density at radius 3 is 2.64 bits per heavy atom. The molecule has 1 aliphatic carbocycles. The van der Waals surface area contributed by atoms with Crippen LogP contribution < -0.4 is 15.0 Å². The van der Waals surface area contributed by atoms with Crippen molar-refractivity contribution in [2.45, 2.75) is 45.4 Å². The third-order valence-electron chi connectivity index (χ3n) is 5.69. The molecule has 0 spiro atoms. The van der Waals surface area contributed by atoms with Gasteiger partial charge in [-0.2, -0.15) is 0 Å². The van der Waals surface area contributed by atoms with E-state index in [2.05, 4.69) is 5.32 Å². The van der Waals surface area contributed by atoms with Gasteiger partial charge in [-0.25, -0.2) is 0 Å². The Labute approximate surface area is 165 Å². The molecule has 2 aromatic rings. The van der Waals surface area contributed by atoms with Crippen molar-refractivity contribution in [1.29, 1.82) is 0 Å². The first kappa shape index (κ1) is 18.5. The number of hydrogen-bond acceptors (Lipinski definition) is 3. The third kappa shape index (κ3) is 3.75. The maximum Gasteiger partial charge on any atom is 0.261 e. The summed E-state index contributed by atoms with van der Waals surface area (Å²) >= 11 is 0. The predicted octanol–water partition coefficient (Wildman–Crippen LogP) is 5.29. The SMILES string of the molecule is Cc1ccc2c(c1)N(C)C(=O)c1cc(NC(=O)CC3CCCCC3)ccc1O2. The number of anilines is 2. The summed E-state index contributed by atoms with van der Waals surface area (Å²) in [6.45, 7) is 1.98. The topological polar surface area (TPSA) is 58.6 Å². The zero-order chi connectivity index (χ0) is 19.7. The second-order valence-electron chi connectivity index (χ2n) is 7.90. The molecule has 0 bridgehead atoms. The average molecular weight is 378 g/mol. The Hall–Kier alpha value is -2.82. The summed E-state index contributed by atoms with van der Waals surface area (Å²) in [5.74, 6) is 1.49. The van der Waals surface area contributed by atoms with Gasteiger partial charge in [-0.05, 0) is 61.6 Å². The molecule has 0 aromatic heterocycles. The van der Waals surface area contributed by atoms with Gasteiger partial charge in [-0.15, -0.1) is 0 Å².